The summed E-state index contributed by atoms with van der Waals surface area (Å²) >= 11 is 0. The number of carboxylic acid groups (broad SMARTS) is 1. The maximum atomic E-state index is 12.0. The van der Waals surface area contributed by atoms with Crippen molar-refractivity contribution in [2.45, 2.75) is 65.8 Å². The van der Waals surface area contributed by atoms with E-state index in [1.54, 1.807) is 13.8 Å². The van der Waals surface area contributed by atoms with E-state index in [4.69, 9.17) is 5.11 Å². The predicted molar refractivity (Wildman–Crippen MR) is 72.3 cm³/mol. The van der Waals surface area contributed by atoms with Crippen molar-refractivity contribution in [1.29, 1.82) is 0 Å². The number of rotatable bonds is 9. The Bertz CT molecular complexity index is 266. The highest BCUT2D eigenvalue weighted by atomic mass is 16.4. The van der Waals surface area contributed by atoms with Gasteiger partial charge in [0.15, 0.2) is 0 Å². The standard InChI is InChI=1S/C14H27NO3/c1-5-7-9-12(8-6-2)15-13(16)10(3)11(4)14(17)18/h10-12H,5-9H2,1-4H3,(H,15,16)(H,17,18). The number of hydrogen-bond donors (Lipinski definition) is 2. The lowest BCUT2D eigenvalue weighted by molar-refractivity contribution is -0.146. The molecule has 0 bridgehead atoms. The van der Waals surface area contributed by atoms with Crippen molar-refractivity contribution in [2.24, 2.45) is 11.8 Å². The van der Waals surface area contributed by atoms with E-state index in [1.807, 2.05) is 0 Å². The summed E-state index contributed by atoms with van der Waals surface area (Å²) in [5, 5.41) is 11.9. The molecule has 4 nitrogen and oxygen atoms in total. The van der Waals surface area contributed by atoms with Crippen molar-refractivity contribution >= 4 is 11.9 Å². The molecular weight excluding hydrogens is 230 g/mol. The summed E-state index contributed by atoms with van der Waals surface area (Å²) in [6, 6.07) is 0.186. The van der Waals surface area contributed by atoms with Gasteiger partial charge < -0.3 is 10.4 Å². The molecule has 3 atom stereocenters. The summed E-state index contributed by atoms with van der Waals surface area (Å²) in [5.41, 5.74) is 0. The number of nitrogens with one attached hydrogen (secondary N) is 1. The smallest absolute Gasteiger partial charge is 0.307 e. The van der Waals surface area contributed by atoms with Crippen molar-refractivity contribution in [3.63, 3.8) is 0 Å². The van der Waals surface area contributed by atoms with Gasteiger partial charge in [-0.1, -0.05) is 47.0 Å². The van der Waals surface area contributed by atoms with Gasteiger partial charge in [-0.25, -0.2) is 0 Å². The first-order valence-electron chi connectivity index (χ1n) is 6.97. The average Bonchev–Trinajstić information content (AvgIpc) is 2.34. The Hall–Kier alpha value is -1.06. The first kappa shape index (κ1) is 16.9. The molecule has 1 amide bonds. The van der Waals surface area contributed by atoms with E-state index in [-0.39, 0.29) is 11.9 Å². The van der Waals surface area contributed by atoms with Gasteiger partial charge in [0, 0.05) is 12.0 Å². The zero-order valence-electron chi connectivity index (χ0n) is 12.0. The number of carbonyl (C=O) groups is 2. The minimum Gasteiger partial charge on any atom is -0.481 e. The molecule has 106 valence electrons. The van der Waals surface area contributed by atoms with Crippen LogP contribution in [0, 0.1) is 11.8 Å². The monoisotopic (exact) mass is 257 g/mol. The second kappa shape index (κ2) is 8.95. The summed E-state index contributed by atoms with van der Waals surface area (Å²) in [6.07, 6.45) is 5.16. The van der Waals surface area contributed by atoms with Crippen LogP contribution in [-0.2, 0) is 9.59 Å². The van der Waals surface area contributed by atoms with Gasteiger partial charge in [-0.05, 0) is 12.8 Å². The lowest BCUT2D eigenvalue weighted by atomic mass is 9.94. The second-order valence-corrected chi connectivity index (χ2v) is 5.05. The maximum absolute atomic E-state index is 12.0. The molecule has 0 heterocycles. The minimum absolute atomic E-state index is 0.139. The Morgan fingerprint density at radius 1 is 1.06 bits per heavy atom. The molecule has 0 radical (unpaired) electrons. The first-order valence-corrected chi connectivity index (χ1v) is 6.97. The van der Waals surface area contributed by atoms with Gasteiger partial charge in [0.25, 0.3) is 0 Å². The molecule has 18 heavy (non-hydrogen) atoms. The molecule has 0 spiro atoms. The molecule has 0 rings (SSSR count). The van der Waals surface area contributed by atoms with Gasteiger partial charge in [0.1, 0.15) is 0 Å². The summed E-state index contributed by atoms with van der Waals surface area (Å²) in [6.45, 7) is 7.47. The van der Waals surface area contributed by atoms with E-state index in [1.165, 1.54) is 0 Å². The van der Waals surface area contributed by atoms with Crippen LogP contribution in [-0.4, -0.2) is 23.0 Å². The third-order valence-corrected chi connectivity index (χ3v) is 3.44. The molecule has 0 aromatic heterocycles. The lowest BCUT2D eigenvalue weighted by Gasteiger charge is -2.22. The number of carbonyl (C=O) groups excluding carboxylic acids is 1. The first-order chi connectivity index (χ1) is 8.43. The molecular formula is C14H27NO3. The number of carboxylic acids is 1. The molecule has 0 fully saturated rings. The van der Waals surface area contributed by atoms with Crippen LogP contribution < -0.4 is 5.32 Å². The van der Waals surface area contributed by atoms with Crippen LogP contribution in [0.15, 0.2) is 0 Å². The Morgan fingerprint density at radius 3 is 2.11 bits per heavy atom. The summed E-state index contributed by atoms with van der Waals surface area (Å²) < 4.78 is 0. The van der Waals surface area contributed by atoms with Gasteiger partial charge in [-0.15, -0.1) is 0 Å². The number of hydrogen-bond acceptors (Lipinski definition) is 2. The van der Waals surface area contributed by atoms with Crippen molar-refractivity contribution in [2.75, 3.05) is 0 Å². The molecule has 4 heteroatoms. The van der Waals surface area contributed by atoms with Gasteiger partial charge in [-0.2, -0.15) is 0 Å². The molecule has 0 aliphatic heterocycles. The van der Waals surface area contributed by atoms with E-state index in [0.29, 0.717) is 0 Å². The fourth-order valence-electron chi connectivity index (χ4n) is 1.86. The van der Waals surface area contributed by atoms with Crippen LogP contribution in [0.3, 0.4) is 0 Å². The minimum atomic E-state index is -0.918. The molecule has 0 aromatic rings. The van der Waals surface area contributed by atoms with Gasteiger partial charge in [0.05, 0.1) is 5.92 Å². The topological polar surface area (TPSA) is 66.4 Å². The number of aliphatic carboxylic acids is 1. The third kappa shape index (κ3) is 6.03. The number of unbranched alkanes of at least 4 members (excludes halogenated alkanes) is 1. The third-order valence-electron chi connectivity index (χ3n) is 3.44. The molecule has 0 aliphatic rings. The van der Waals surface area contributed by atoms with Crippen LogP contribution in [0.5, 0.6) is 0 Å². The highest BCUT2D eigenvalue weighted by Crippen LogP contribution is 2.13. The quantitative estimate of drug-likeness (QED) is 0.667. The Labute approximate surface area is 110 Å². The molecule has 2 N–H and O–H groups in total. The molecule has 0 aromatic carbocycles. The van der Waals surface area contributed by atoms with Crippen molar-refractivity contribution < 1.29 is 14.7 Å². The summed E-state index contributed by atoms with van der Waals surface area (Å²) in [7, 11) is 0. The largest absolute Gasteiger partial charge is 0.481 e. The van der Waals surface area contributed by atoms with Crippen LogP contribution in [0.4, 0.5) is 0 Å². The van der Waals surface area contributed by atoms with Crippen LogP contribution in [0.1, 0.15) is 59.8 Å². The van der Waals surface area contributed by atoms with E-state index < -0.39 is 17.8 Å². The van der Waals surface area contributed by atoms with Crippen LogP contribution >= 0.6 is 0 Å². The Balaban J connectivity index is 4.34. The zero-order chi connectivity index (χ0) is 14.1. The van der Waals surface area contributed by atoms with E-state index in [2.05, 4.69) is 19.2 Å². The summed E-state index contributed by atoms with van der Waals surface area (Å²) in [4.78, 5) is 22.8. The summed E-state index contributed by atoms with van der Waals surface area (Å²) in [5.74, 6) is -2.18. The van der Waals surface area contributed by atoms with Gasteiger partial charge in [-0.3, -0.25) is 9.59 Å². The molecule has 0 saturated carbocycles. The van der Waals surface area contributed by atoms with Gasteiger partial charge in [0.2, 0.25) is 5.91 Å². The van der Waals surface area contributed by atoms with E-state index in [0.717, 1.165) is 32.1 Å². The van der Waals surface area contributed by atoms with E-state index in [9.17, 15) is 9.59 Å². The highest BCUT2D eigenvalue weighted by Gasteiger charge is 2.26. The SMILES string of the molecule is CCCCC(CCC)NC(=O)C(C)C(C)C(=O)O. The van der Waals surface area contributed by atoms with E-state index >= 15 is 0 Å². The fourth-order valence-corrected chi connectivity index (χ4v) is 1.86. The zero-order valence-corrected chi connectivity index (χ0v) is 12.0. The molecule has 0 saturated heterocycles. The van der Waals surface area contributed by atoms with Crippen molar-refractivity contribution in [1.82, 2.24) is 5.32 Å². The normalized spacial score (nSPS) is 15.8. The maximum Gasteiger partial charge on any atom is 0.307 e. The van der Waals surface area contributed by atoms with Crippen LogP contribution in [0.2, 0.25) is 0 Å². The predicted octanol–water partition coefficient (Wildman–Crippen LogP) is 2.82. The van der Waals surface area contributed by atoms with Crippen molar-refractivity contribution in [3.05, 3.63) is 0 Å². The van der Waals surface area contributed by atoms with Gasteiger partial charge >= 0.3 is 5.97 Å². The Morgan fingerprint density at radius 2 is 1.67 bits per heavy atom. The fraction of sp³-hybridized carbons (Fsp3) is 0.857. The lowest BCUT2D eigenvalue weighted by Crippen LogP contribution is -2.41. The number of amides is 1. The Kier molecular flexibility index (Phi) is 8.42. The van der Waals surface area contributed by atoms with Crippen molar-refractivity contribution in [3.8, 4) is 0 Å². The second-order valence-electron chi connectivity index (χ2n) is 5.05. The molecule has 3 unspecified atom stereocenters. The highest BCUT2D eigenvalue weighted by molar-refractivity contribution is 5.84. The molecule has 0 aliphatic carbocycles. The van der Waals surface area contributed by atoms with Crippen LogP contribution in [0.25, 0.3) is 0 Å². The average molecular weight is 257 g/mol.